The van der Waals surface area contributed by atoms with Gasteiger partial charge in [-0.2, -0.15) is 0 Å². The number of carbonyl (C=O) groups excluding carboxylic acids is 1. The largest absolute Gasteiger partial charge is 0.300 e. The quantitative estimate of drug-likeness (QED) is 0.513. The van der Waals surface area contributed by atoms with Crippen LogP contribution in [0.2, 0.25) is 25.7 Å². The highest BCUT2D eigenvalue weighted by Crippen LogP contribution is 2.31. The van der Waals surface area contributed by atoms with E-state index in [1.165, 1.54) is 18.0 Å². The Bertz CT molecular complexity index is 237. The first-order chi connectivity index (χ1) is 6.38. The first kappa shape index (κ1) is 11.7. The zero-order valence-corrected chi connectivity index (χ0v) is 10.7. The molecule has 0 heterocycles. The summed E-state index contributed by atoms with van der Waals surface area (Å²) in [5.74, 6) is 0.945. The van der Waals surface area contributed by atoms with Gasteiger partial charge < -0.3 is 0 Å². The van der Waals surface area contributed by atoms with Crippen LogP contribution in [0.1, 0.15) is 25.7 Å². The summed E-state index contributed by atoms with van der Waals surface area (Å²) in [6, 6.07) is 1.19. The third-order valence-corrected chi connectivity index (χ3v) is 4.33. The Kier molecular flexibility index (Phi) is 3.70. The Balaban J connectivity index is 2.48. The number of rotatable bonds is 3. The summed E-state index contributed by atoms with van der Waals surface area (Å²) >= 11 is 0. The number of ketones is 1. The predicted molar refractivity (Wildman–Crippen MR) is 64.3 cm³/mol. The molecule has 14 heavy (non-hydrogen) atoms. The Labute approximate surface area is 88.6 Å². The zero-order valence-electron chi connectivity index (χ0n) is 9.73. The molecule has 80 valence electrons. The van der Waals surface area contributed by atoms with Crippen LogP contribution in [0.4, 0.5) is 0 Å². The highest BCUT2D eigenvalue weighted by molar-refractivity contribution is 6.76. The van der Waals surface area contributed by atoms with Gasteiger partial charge in [0.15, 0.2) is 0 Å². The number of hydrogen-bond donors (Lipinski definition) is 0. The average molecular weight is 210 g/mol. The van der Waals surface area contributed by atoms with Gasteiger partial charge in [0.1, 0.15) is 5.78 Å². The van der Waals surface area contributed by atoms with Gasteiger partial charge in [0, 0.05) is 20.9 Å². The van der Waals surface area contributed by atoms with E-state index in [2.05, 4.69) is 26.2 Å². The predicted octanol–water partition coefficient (Wildman–Crippen LogP) is 3.64. The van der Waals surface area contributed by atoms with Crippen LogP contribution in [-0.2, 0) is 4.79 Å². The lowest BCUT2D eigenvalue weighted by atomic mass is 9.84. The average Bonchev–Trinajstić information content (AvgIpc) is 2.01. The van der Waals surface area contributed by atoms with Gasteiger partial charge in [-0.25, -0.2) is 0 Å². The summed E-state index contributed by atoms with van der Waals surface area (Å²) in [7, 11) is -1.04. The maximum Gasteiger partial charge on any atom is 0.133 e. The molecule has 0 aromatic heterocycles. The highest BCUT2D eigenvalue weighted by atomic mass is 28.3. The number of hydrogen-bond acceptors (Lipinski definition) is 1. The van der Waals surface area contributed by atoms with Crippen molar-refractivity contribution in [1.82, 2.24) is 0 Å². The lowest BCUT2D eigenvalue weighted by Gasteiger charge is -2.26. The molecule has 0 aliphatic heterocycles. The van der Waals surface area contributed by atoms with Crippen LogP contribution < -0.4 is 0 Å². The van der Waals surface area contributed by atoms with Crippen molar-refractivity contribution in [3.05, 3.63) is 12.2 Å². The molecule has 0 N–H and O–H groups in total. The van der Waals surface area contributed by atoms with Crippen molar-refractivity contribution in [2.45, 2.75) is 51.4 Å². The van der Waals surface area contributed by atoms with Gasteiger partial charge in [-0.1, -0.05) is 31.8 Å². The van der Waals surface area contributed by atoms with Crippen LogP contribution in [-0.4, -0.2) is 13.9 Å². The minimum absolute atomic E-state index is 0.443. The fraction of sp³-hybridized carbons (Fsp3) is 0.750. The van der Waals surface area contributed by atoms with E-state index in [9.17, 15) is 4.79 Å². The molecule has 0 aromatic rings. The fourth-order valence-electron chi connectivity index (χ4n) is 2.20. The van der Waals surface area contributed by atoms with Gasteiger partial charge in [-0.15, -0.1) is 0 Å². The molecule has 1 aliphatic carbocycles. The topological polar surface area (TPSA) is 17.1 Å². The van der Waals surface area contributed by atoms with E-state index in [0.29, 0.717) is 11.7 Å². The molecule has 1 fully saturated rings. The Morgan fingerprint density at radius 1 is 1.50 bits per heavy atom. The number of allylic oxidation sites excluding steroid dienone is 1. The molecule has 1 aliphatic rings. The van der Waals surface area contributed by atoms with E-state index in [-0.39, 0.29) is 0 Å². The lowest BCUT2D eigenvalue weighted by Crippen LogP contribution is -2.24. The van der Waals surface area contributed by atoms with E-state index in [0.717, 1.165) is 19.3 Å². The smallest absolute Gasteiger partial charge is 0.133 e. The second-order valence-electron chi connectivity index (χ2n) is 5.73. The van der Waals surface area contributed by atoms with Crippen molar-refractivity contribution in [3.63, 3.8) is 0 Å². The summed E-state index contributed by atoms with van der Waals surface area (Å²) in [5, 5.41) is 0. The number of Topliss-reactive ketones (excluding diaryl/α,β-unsaturated/α-hetero) is 1. The molecule has 0 unspecified atom stereocenters. The Morgan fingerprint density at radius 3 is 2.64 bits per heavy atom. The Morgan fingerprint density at radius 2 is 2.14 bits per heavy atom. The monoisotopic (exact) mass is 210 g/mol. The van der Waals surface area contributed by atoms with E-state index in [4.69, 9.17) is 0 Å². The van der Waals surface area contributed by atoms with Crippen LogP contribution in [0, 0.1) is 5.92 Å². The van der Waals surface area contributed by atoms with Crippen LogP contribution in [0.3, 0.4) is 0 Å². The second kappa shape index (κ2) is 4.43. The molecule has 0 radical (unpaired) electrons. The molecule has 0 amide bonds. The van der Waals surface area contributed by atoms with Gasteiger partial charge >= 0.3 is 0 Å². The first-order valence-corrected chi connectivity index (χ1v) is 9.28. The standard InChI is InChI=1S/C12H22OSi/c1-10(9-14(2,3)4)11-6-5-7-12(13)8-11/h11H,1,5-9H2,2-4H3/t11-/m1/s1. The molecular formula is C12H22OSi. The first-order valence-electron chi connectivity index (χ1n) is 5.58. The van der Waals surface area contributed by atoms with E-state index < -0.39 is 8.07 Å². The fourth-order valence-corrected chi connectivity index (χ4v) is 3.85. The van der Waals surface area contributed by atoms with E-state index >= 15 is 0 Å². The molecule has 0 aromatic carbocycles. The summed E-state index contributed by atoms with van der Waals surface area (Å²) in [6.45, 7) is 11.3. The van der Waals surface area contributed by atoms with Crippen molar-refractivity contribution in [2.24, 2.45) is 5.92 Å². The normalized spacial score (nSPS) is 23.6. The third-order valence-electron chi connectivity index (χ3n) is 2.82. The van der Waals surface area contributed by atoms with Crippen molar-refractivity contribution >= 4 is 13.9 Å². The molecule has 1 atom stereocenters. The minimum atomic E-state index is -1.04. The van der Waals surface area contributed by atoms with Gasteiger partial charge in [0.05, 0.1) is 0 Å². The van der Waals surface area contributed by atoms with Crippen molar-refractivity contribution < 1.29 is 4.79 Å². The second-order valence-corrected chi connectivity index (χ2v) is 11.2. The van der Waals surface area contributed by atoms with Gasteiger partial charge in [0.25, 0.3) is 0 Å². The van der Waals surface area contributed by atoms with Gasteiger partial charge in [-0.05, 0) is 24.8 Å². The van der Waals surface area contributed by atoms with Crippen LogP contribution in [0.5, 0.6) is 0 Å². The maximum absolute atomic E-state index is 11.3. The van der Waals surface area contributed by atoms with E-state index in [1.807, 2.05) is 0 Å². The van der Waals surface area contributed by atoms with E-state index in [1.54, 1.807) is 0 Å². The number of carbonyl (C=O) groups is 1. The molecule has 0 spiro atoms. The molecule has 0 saturated heterocycles. The summed E-state index contributed by atoms with van der Waals surface area (Å²) in [6.07, 6.45) is 3.84. The maximum atomic E-state index is 11.3. The molecule has 1 rings (SSSR count). The SMILES string of the molecule is C=C(C[Si](C)(C)C)[C@@H]1CCCC(=O)C1. The molecular weight excluding hydrogens is 188 g/mol. The lowest BCUT2D eigenvalue weighted by molar-refractivity contribution is -0.121. The highest BCUT2D eigenvalue weighted by Gasteiger charge is 2.24. The molecule has 2 heteroatoms. The summed E-state index contributed by atoms with van der Waals surface area (Å²) in [4.78, 5) is 11.3. The van der Waals surface area contributed by atoms with Crippen LogP contribution in [0.15, 0.2) is 12.2 Å². The zero-order chi connectivity index (χ0) is 10.8. The Hall–Kier alpha value is -0.373. The molecule has 1 saturated carbocycles. The van der Waals surface area contributed by atoms with Crippen LogP contribution >= 0.6 is 0 Å². The molecule has 1 nitrogen and oxygen atoms in total. The van der Waals surface area contributed by atoms with Gasteiger partial charge in [-0.3, -0.25) is 4.79 Å². The van der Waals surface area contributed by atoms with Crippen molar-refractivity contribution in [2.75, 3.05) is 0 Å². The van der Waals surface area contributed by atoms with Crippen molar-refractivity contribution in [3.8, 4) is 0 Å². The third kappa shape index (κ3) is 3.78. The molecule has 0 bridgehead atoms. The van der Waals surface area contributed by atoms with Crippen molar-refractivity contribution in [1.29, 1.82) is 0 Å². The van der Waals surface area contributed by atoms with Crippen LogP contribution in [0.25, 0.3) is 0 Å². The summed E-state index contributed by atoms with van der Waals surface area (Å²) < 4.78 is 0. The van der Waals surface area contributed by atoms with Gasteiger partial charge in [0.2, 0.25) is 0 Å². The minimum Gasteiger partial charge on any atom is -0.300 e. The summed E-state index contributed by atoms with van der Waals surface area (Å²) in [5.41, 5.74) is 1.34.